The molecule has 1 aromatic rings. The first-order valence-electron chi connectivity index (χ1n) is 8.00. The molecule has 5 atom stereocenters. The number of fused-ring (bicyclic) bond motifs is 5. The number of amides is 2. The van der Waals surface area contributed by atoms with E-state index in [1.54, 1.807) is 24.3 Å². The van der Waals surface area contributed by atoms with Crippen molar-refractivity contribution in [2.45, 2.75) is 18.9 Å². The lowest BCUT2D eigenvalue weighted by atomic mass is 9.85. The third-order valence-electron chi connectivity index (χ3n) is 5.44. The average Bonchev–Trinajstić information content (AvgIpc) is 3.20. The number of allylic oxidation sites excluding steroid dienone is 2. The second kappa shape index (κ2) is 5.45. The fourth-order valence-corrected chi connectivity index (χ4v) is 4.57. The number of aliphatic carboxylic acids is 1. The number of carbonyl (C=O) groups excluding carboxylic acids is 2. The summed E-state index contributed by atoms with van der Waals surface area (Å²) < 4.78 is 0. The number of nitrogens with zero attached hydrogens (tertiary/aromatic N) is 1. The summed E-state index contributed by atoms with van der Waals surface area (Å²) in [6, 6.07) is 5.85. The summed E-state index contributed by atoms with van der Waals surface area (Å²) in [7, 11) is 0. The summed E-state index contributed by atoms with van der Waals surface area (Å²) >= 11 is 5.89. The molecule has 0 aromatic heterocycles. The maximum atomic E-state index is 12.9. The maximum Gasteiger partial charge on any atom is 0.305 e. The lowest BCUT2D eigenvalue weighted by Gasteiger charge is -2.27. The van der Waals surface area contributed by atoms with Gasteiger partial charge in [-0.15, -0.1) is 0 Å². The van der Waals surface area contributed by atoms with Gasteiger partial charge in [0.05, 0.1) is 24.3 Å². The van der Waals surface area contributed by atoms with Crippen LogP contribution in [0.3, 0.4) is 0 Å². The van der Waals surface area contributed by atoms with Gasteiger partial charge >= 0.3 is 5.97 Å². The molecule has 5 unspecified atom stereocenters. The molecule has 1 aromatic carbocycles. The molecular weight excluding hydrogens is 330 g/mol. The van der Waals surface area contributed by atoms with Crippen LogP contribution in [0.2, 0.25) is 5.02 Å². The second-order valence-corrected chi connectivity index (χ2v) is 7.15. The van der Waals surface area contributed by atoms with Crippen LogP contribution in [0.25, 0.3) is 0 Å². The Balaban J connectivity index is 1.71. The number of hydrogen-bond acceptors (Lipinski definition) is 3. The van der Waals surface area contributed by atoms with Gasteiger partial charge in [0.2, 0.25) is 11.8 Å². The van der Waals surface area contributed by atoms with Crippen molar-refractivity contribution < 1.29 is 19.5 Å². The van der Waals surface area contributed by atoms with Gasteiger partial charge in [-0.05, 0) is 36.0 Å². The number of hydrogen-bond donors (Lipinski definition) is 1. The molecule has 1 saturated heterocycles. The molecule has 2 fully saturated rings. The molecule has 4 rings (SSSR count). The van der Waals surface area contributed by atoms with E-state index in [1.807, 2.05) is 12.2 Å². The molecule has 1 saturated carbocycles. The molecule has 1 heterocycles. The van der Waals surface area contributed by atoms with Crippen molar-refractivity contribution in [2.75, 3.05) is 0 Å². The highest BCUT2D eigenvalue weighted by molar-refractivity contribution is 6.30. The first-order chi connectivity index (χ1) is 11.5. The van der Waals surface area contributed by atoms with Crippen LogP contribution in [-0.4, -0.2) is 27.8 Å². The zero-order valence-electron chi connectivity index (χ0n) is 12.8. The molecular formula is C18H16ClNO4. The fourth-order valence-electron chi connectivity index (χ4n) is 4.44. The average molecular weight is 346 g/mol. The Bertz CT molecular complexity index is 727. The normalized spacial score (nSPS) is 31.6. The standard InChI is InChI=1S/C18H16ClNO4/c19-12-5-3-9(4-6-12)13(8-14(21)22)20-17(23)15-10-1-2-11(7-10)16(15)18(20)24/h1-6,10-11,13,15-16H,7-8H2,(H,21,22). The van der Waals surface area contributed by atoms with Crippen molar-refractivity contribution in [3.63, 3.8) is 0 Å². The molecule has 24 heavy (non-hydrogen) atoms. The predicted molar refractivity (Wildman–Crippen MR) is 86.0 cm³/mol. The number of likely N-dealkylation sites (tertiary alicyclic amines) is 1. The van der Waals surface area contributed by atoms with Gasteiger partial charge in [-0.25, -0.2) is 0 Å². The first-order valence-corrected chi connectivity index (χ1v) is 8.37. The quantitative estimate of drug-likeness (QED) is 0.672. The van der Waals surface area contributed by atoms with E-state index in [2.05, 4.69) is 0 Å². The molecule has 2 amide bonds. The van der Waals surface area contributed by atoms with E-state index < -0.39 is 12.0 Å². The summed E-state index contributed by atoms with van der Waals surface area (Å²) in [4.78, 5) is 38.3. The number of carboxylic acids is 1. The third-order valence-corrected chi connectivity index (χ3v) is 5.69. The Morgan fingerprint density at radius 3 is 2.17 bits per heavy atom. The van der Waals surface area contributed by atoms with Crippen LogP contribution in [0.15, 0.2) is 36.4 Å². The SMILES string of the molecule is O=C(O)CC(c1ccc(Cl)cc1)N1C(=O)C2C3C=CC(C3)C2C1=O. The van der Waals surface area contributed by atoms with Crippen LogP contribution in [-0.2, 0) is 14.4 Å². The summed E-state index contributed by atoms with van der Waals surface area (Å²) in [6.07, 6.45) is 4.59. The van der Waals surface area contributed by atoms with E-state index in [0.717, 1.165) is 6.42 Å². The zero-order valence-corrected chi connectivity index (χ0v) is 13.5. The summed E-state index contributed by atoms with van der Waals surface area (Å²) in [6.45, 7) is 0. The van der Waals surface area contributed by atoms with Gasteiger partial charge < -0.3 is 5.11 Å². The Morgan fingerprint density at radius 1 is 1.12 bits per heavy atom. The van der Waals surface area contributed by atoms with Gasteiger partial charge in [0.1, 0.15) is 0 Å². The number of imide groups is 1. The number of halogens is 1. The van der Waals surface area contributed by atoms with Gasteiger partial charge in [-0.2, -0.15) is 0 Å². The first kappa shape index (κ1) is 15.4. The molecule has 3 aliphatic rings. The summed E-state index contributed by atoms with van der Waals surface area (Å²) in [5.41, 5.74) is 0.615. The van der Waals surface area contributed by atoms with Crippen LogP contribution < -0.4 is 0 Å². The van der Waals surface area contributed by atoms with Crippen molar-refractivity contribution in [1.29, 1.82) is 0 Å². The van der Waals surface area contributed by atoms with Crippen LogP contribution in [0.5, 0.6) is 0 Å². The van der Waals surface area contributed by atoms with Crippen molar-refractivity contribution in [3.05, 3.63) is 47.0 Å². The van der Waals surface area contributed by atoms with E-state index >= 15 is 0 Å². The number of carboxylic acid groups (broad SMARTS) is 1. The van der Waals surface area contributed by atoms with E-state index in [1.165, 1.54) is 4.90 Å². The van der Waals surface area contributed by atoms with Crippen molar-refractivity contribution in [3.8, 4) is 0 Å². The lowest BCUT2D eigenvalue weighted by molar-refractivity contribution is -0.146. The molecule has 5 nitrogen and oxygen atoms in total. The highest BCUT2D eigenvalue weighted by atomic mass is 35.5. The molecule has 6 heteroatoms. The Labute approximate surface area is 143 Å². The molecule has 0 spiro atoms. The second-order valence-electron chi connectivity index (χ2n) is 6.71. The smallest absolute Gasteiger partial charge is 0.305 e. The van der Waals surface area contributed by atoms with E-state index in [-0.39, 0.29) is 41.9 Å². The van der Waals surface area contributed by atoms with Crippen LogP contribution in [0.1, 0.15) is 24.4 Å². The highest BCUT2D eigenvalue weighted by Crippen LogP contribution is 2.54. The minimum Gasteiger partial charge on any atom is -0.481 e. The molecule has 1 N–H and O–H groups in total. The maximum absolute atomic E-state index is 12.9. The Hall–Kier alpha value is -2.14. The summed E-state index contributed by atoms with van der Waals surface area (Å²) in [5.74, 6) is -1.94. The Kier molecular flexibility index (Phi) is 3.49. The molecule has 2 bridgehead atoms. The van der Waals surface area contributed by atoms with Crippen molar-refractivity contribution in [2.24, 2.45) is 23.7 Å². The minimum atomic E-state index is -1.05. The van der Waals surface area contributed by atoms with Crippen molar-refractivity contribution >= 4 is 29.4 Å². The van der Waals surface area contributed by atoms with E-state index in [4.69, 9.17) is 11.6 Å². The molecule has 1 aliphatic heterocycles. The lowest BCUT2D eigenvalue weighted by Crippen LogP contribution is -2.37. The monoisotopic (exact) mass is 345 g/mol. The molecule has 124 valence electrons. The molecule has 0 radical (unpaired) electrons. The van der Waals surface area contributed by atoms with Gasteiger partial charge in [-0.3, -0.25) is 19.3 Å². The van der Waals surface area contributed by atoms with Gasteiger partial charge in [0.15, 0.2) is 0 Å². The van der Waals surface area contributed by atoms with E-state index in [0.29, 0.717) is 10.6 Å². The van der Waals surface area contributed by atoms with Gasteiger partial charge in [0, 0.05) is 5.02 Å². The highest BCUT2D eigenvalue weighted by Gasteiger charge is 2.60. The minimum absolute atomic E-state index is 0.108. The zero-order chi connectivity index (χ0) is 17.0. The number of benzene rings is 1. The third kappa shape index (κ3) is 2.18. The number of carbonyl (C=O) groups is 3. The van der Waals surface area contributed by atoms with Crippen LogP contribution in [0.4, 0.5) is 0 Å². The Morgan fingerprint density at radius 2 is 1.67 bits per heavy atom. The van der Waals surface area contributed by atoms with Crippen LogP contribution in [0, 0.1) is 23.7 Å². The van der Waals surface area contributed by atoms with E-state index in [9.17, 15) is 19.5 Å². The van der Waals surface area contributed by atoms with Gasteiger partial charge in [0.25, 0.3) is 0 Å². The fraction of sp³-hybridized carbons (Fsp3) is 0.389. The predicted octanol–water partition coefficient (Wildman–Crippen LogP) is 2.66. The van der Waals surface area contributed by atoms with Crippen LogP contribution >= 0.6 is 11.6 Å². The summed E-state index contributed by atoms with van der Waals surface area (Å²) in [5, 5.41) is 9.78. The topological polar surface area (TPSA) is 74.7 Å². The number of rotatable bonds is 4. The van der Waals surface area contributed by atoms with Gasteiger partial charge in [-0.1, -0.05) is 35.9 Å². The largest absolute Gasteiger partial charge is 0.481 e. The van der Waals surface area contributed by atoms with Crippen molar-refractivity contribution in [1.82, 2.24) is 4.90 Å². The molecule has 2 aliphatic carbocycles.